The molecule has 0 amide bonds. The van der Waals surface area contributed by atoms with Crippen molar-refractivity contribution in [3.63, 3.8) is 0 Å². The molecule has 156 valence electrons. The molecule has 0 aliphatic heterocycles. The van der Waals surface area contributed by atoms with E-state index in [0.29, 0.717) is 0 Å². The van der Waals surface area contributed by atoms with Crippen LogP contribution in [0.25, 0.3) is 0 Å². The Morgan fingerprint density at radius 1 is 0.414 bits per heavy atom. The topological polar surface area (TPSA) is 0 Å². The van der Waals surface area contributed by atoms with Gasteiger partial charge in [-0.15, -0.1) is 56.9 Å². The molecule has 0 radical (unpaired) electrons. The van der Waals surface area contributed by atoms with Crippen molar-refractivity contribution in [3.05, 3.63) is 122 Å². The molecular formula is C26H29Cl2Zr-5. The first kappa shape index (κ1) is 32.4. The van der Waals surface area contributed by atoms with Crippen molar-refractivity contribution < 1.29 is 24.2 Å². The molecule has 0 N–H and O–H groups in total. The number of hydrogen-bond donors (Lipinski definition) is 0. The summed E-state index contributed by atoms with van der Waals surface area (Å²) < 4.78 is 3.34. The summed E-state index contributed by atoms with van der Waals surface area (Å²) >= 11 is 1.30. The molecule has 5 aliphatic rings. The van der Waals surface area contributed by atoms with Crippen molar-refractivity contribution >= 4 is 29.0 Å². The second kappa shape index (κ2) is 31.4. The van der Waals surface area contributed by atoms with Gasteiger partial charge < -0.3 is 0 Å². The van der Waals surface area contributed by atoms with E-state index in [4.69, 9.17) is 0 Å². The molecule has 0 heterocycles. The fourth-order valence-electron chi connectivity index (χ4n) is 1.70. The van der Waals surface area contributed by atoms with Crippen molar-refractivity contribution in [3.8, 4) is 0 Å². The summed E-state index contributed by atoms with van der Waals surface area (Å²) in [5.41, 5.74) is 0. The second-order valence-corrected chi connectivity index (χ2v) is 5.02. The minimum absolute atomic E-state index is 0. The number of hydrogen-bond acceptors (Lipinski definition) is 0. The summed E-state index contributed by atoms with van der Waals surface area (Å²) in [6, 6.07) is 0. The Hall–Kier alpha value is -1.27. The Kier molecular flexibility index (Phi) is 35.1. The first-order chi connectivity index (χ1) is 13.5. The third-order valence-corrected chi connectivity index (χ3v) is 2.93. The Morgan fingerprint density at radius 3 is 0.621 bits per heavy atom. The summed E-state index contributed by atoms with van der Waals surface area (Å²) in [7, 11) is 0. The van der Waals surface area contributed by atoms with Crippen LogP contribution in [0.5, 0.6) is 0 Å². The molecule has 29 heavy (non-hydrogen) atoms. The average molecular weight is 504 g/mol. The summed E-state index contributed by atoms with van der Waals surface area (Å²) in [6.07, 6.45) is 50.0. The molecule has 0 saturated carbocycles. The van der Waals surface area contributed by atoms with E-state index in [2.05, 4.69) is 65.0 Å². The van der Waals surface area contributed by atoms with Crippen molar-refractivity contribution in [1.29, 1.82) is 0 Å². The van der Waals surface area contributed by atoms with E-state index in [1.54, 1.807) is 0 Å². The monoisotopic (exact) mass is 501 g/mol. The van der Waals surface area contributed by atoms with Crippen LogP contribution in [-0.2, 0) is 24.2 Å². The van der Waals surface area contributed by atoms with Gasteiger partial charge in [-0.1, -0.05) is 0 Å². The van der Waals surface area contributed by atoms with Crippen LogP contribution in [0.3, 0.4) is 0 Å². The average Bonchev–Trinajstić information content (AvgIpc) is 3.63. The molecule has 0 spiro atoms. The zero-order valence-corrected chi connectivity index (χ0v) is 20.8. The molecule has 0 atom stereocenters. The predicted molar refractivity (Wildman–Crippen MR) is 129 cm³/mol. The van der Waals surface area contributed by atoms with Crippen LogP contribution in [-0.4, -0.2) is 4.21 Å². The first-order valence-corrected chi connectivity index (χ1v) is 10.7. The SMILES string of the molecule is Cl.Cl.[C-]1=CC=CC1.[C-]1=CC=CC1.[C-]1=CC=CC1.[C-]1=CC=CC1.[C-]1=CC=CC1.[CH2]=[Zr]. The van der Waals surface area contributed by atoms with Crippen molar-refractivity contribution in [2.24, 2.45) is 0 Å². The van der Waals surface area contributed by atoms with Gasteiger partial charge in [0, 0.05) is 0 Å². The van der Waals surface area contributed by atoms with Gasteiger partial charge in [-0.2, -0.15) is 30.4 Å². The van der Waals surface area contributed by atoms with Crippen LogP contribution in [0, 0.1) is 30.4 Å². The van der Waals surface area contributed by atoms with E-state index < -0.39 is 0 Å². The molecule has 5 aliphatic carbocycles. The van der Waals surface area contributed by atoms with E-state index in [-0.39, 0.29) is 24.8 Å². The third kappa shape index (κ3) is 29.0. The summed E-state index contributed by atoms with van der Waals surface area (Å²) in [4.78, 5) is 0. The molecule has 0 aromatic carbocycles. The van der Waals surface area contributed by atoms with Crippen LogP contribution < -0.4 is 0 Å². The van der Waals surface area contributed by atoms with Crippen LogP contribution in [0.1, 0.15) is 32.1 Å². The van der Waals surface area contributed by atoms with Gasteiger partial charge in [0.2, 0.25) is 0 Å². The predicted octanol–water partition coefficient (Wildman–Crippen LogP) is 7.34. The molecular weight excluding hydrogens is 474 g/mol. The third-order valence-electron chi connectivity index (χ3n) is 2.93. The Morgan fingerprint density at radius 2 is 0.586 bits per heavy atom. The number of halogens is 2. The Balaban J connectivity index is -0.000000280. The maximum absolute atomic E-state index is 3.34. The number of rotatable bonds is 0. The summed E-state index contributed by atoms with van der Waals surface area (Å²) in [5.74, 6) is 0. The van der Waals surface area contributed by atoms with Crippen LogP contribution in [0.4, 0.5) is 0 Å². The van der Waals surface area contributed by atoms with Gasteiger partial charge in [0.15, 0.2) is 0 Å². The quantitative estimate of drug-likeness (QED) is 0.304. The van der Waals surface area contributed by atoms with Gasteiger partial charge in [0.25, 0.3) is 0 Å². The van der Waals surface area contributed by atoms with E-state index in [1.165, 1.54) is 24.2 Å². The van der Waals surface area contributed by atoms with Gasteiger partial charge in [-0.25, -0.2) is 60.8 Å². The standard InChI is InChI=1S/5C5H5.CH2.2ClH.Zr/c5*1-2-4-5-3-1;;;;/h5*1-3H,4H2;1H2;2*1H;/q5*-1;;;;. The van der Waals surface area contributed by atoms with E-state index in [0.717, 1.165) is 32.1 Å². The zero-order chi connectivity index (χ0) is 19.7. The van der Waals surface area contributed by atoms with Crippen molar-refractivity contribution in [2.75, 3.05) is 0 Å². The summed E-state index contributed by atoms with van der Waals surface area (Å²) in [5, 5.41) is 0. The summed E-state index contributed by atoms with van der Waals surface area (Å²) in [6.45, 7) is 0. The molecule has 0 fully saturated rings. The van der Waals surface area contributed by atoms with Crippen LogP contribution in [0.2, 0.25) is 0 Å². The van der Waals surface area contributed by atoms with Gasteiger partial charge in [0.05, 0.1) is 0 Å². The Labute approximate surface area is 205 Å². The van der Waals surface area contributed by atoms with Gasteiger partial charge in [0.1, 0.15) is 0 Å². The first-order valence-electron chi connectivity index (χ1n) is 8.94. The maximum atomic E-state index is 3.34. The molecule has 3 heteroatoms. The fraction of sp³-hybridized carbons (Fsp3) is 0.192. The van der Waals surface area contributed by atoms with Gasteiger partial charge in [-0.3, -0.25) is 30.4 Å². The van der Waals surface area contributed by atoms with Crippen molar-refractivity contribution in [1.82, 2.24) is 0 Å². The van der Waals surface area contributed by atoms with Crippen LogP contribution in [0.15, 0.2) is 91.1 Å². The molecule has 0 aromatic rings. The van der Waals surface area contributed by atoms with E-state index in [1.807, 2.05) is 60.8 Å². The zero-order valence-electron chi connectivity index (χ0n) is 16.7. The van der Waals surface area contributed by atoms with Gasteiger partial charge in [-0.05, 0) is 0 Å². The molecule has 0 nitrogen and oxygen atoms in total. The Bertz CT molecular complexity index is 449. The molecule has 0 aromatic heterocycles. The molecule has 5 rings (SSSR count). The normalized spacial score (nSPS) is 15.3. The molecule has 0 saturated heterocycles. The second-order valence-electron chi connectivity index (χ2n) is 5.02. The number of allylic oxidation sites excluding steroid dienone is 20. The van der Waals surface area contributed by atoms with Gasteiger partial charge >= 0.3 is 28.4 Å². The van der Waals surface area contributed by atoms with E-state index >= 15 is 0 Å². The van der Waals surface area contributed by atoms with Crippen LogP contribution >= 0.6 is 24.8 Å². The van der Waals surface area contributed by atoms with Crippen molar-refractivity contribution in [2.45, 2.75) is 32.1 Å². The molecule has 0 bridgehead atoms. The fourth-order valence-corrected chi connectivity index (χ4v) is 1.70. The minimum atomic E-state index is 0. The molecule has 0 unspecified atom stereocenters. The van der Waals surface area contributed by atoms with E-state index in [9.17, 15) is 0 Å².